The smallest absolute Gasteiger partial charge is 0.242 e. The molecule has 0 spiro atoms. The van der Waals surface area contributed by atoms with Crippen LogP contribution in [0.15, 0.2) is 48.5 Å². The second-order valence-corrected chi connectivity index (χ2v) is 7.68. The van der Waals surface area contributed by atoms with Gasteiger partial charge in [-0.1, -0.05) is 30.7 Å². The van der Waals surface area contributed by atoms with Crippen molar-refractivity contribution in [3.05, 3.63) is 59.1 Å². The van der Waals surface area contributed by atoms with Crippen LogP contribution in [-0.4, -0.2) is 43.0 Å². The molecule has 0 saturated heterocycles. The van der Waals surface area contributed by atoms with Crippen molar-refractivity contribution in [3.8, 4) is 11.5 Å². The van der Waals surface area contributed by atoms with E-state index in [2.05, 4.69) is 5.32 Å². The number of rotatable bonds is 12. The fourth-order valence-electron chi connectivity index (χ4n) is 2.99. The van der Waals surface area contributed by atoms with Crippen LogP contribution in [0.1, 0.15) is 38.7 Å². The standard InChI is InChI=1S/C24H31ClN2O4/c1-4-15-26-24(29)18(2)27(17-19-7-11-21(30-3)12-8-19)23(28)6-5-16-31-22-13-9-20(25)10-14-22/h7-14,18H,4-6,15-17H2,1-3H3,(H,26,29)/t18-/m0/s1. The summed E-state index contributed by atoms with van der Waals surface area (Å²) in [6.45, 7) is 5.09. The molecule has 0 aliphatic rings. The number of carbonyl (C=O) groups is 2. The van der Waals surface area contributed by atoms with Crippen LogP contribution in [0.5, 0.6) is 11.5 Å². The molecule has 0 aliphatic carbocycles. The largest absolute Gasteiger partial charge is 0.497 e. The van der Waals surface area contributed by atoms with Crippen molar-refractivity contribution in [2.45, 2.75) is 45.7 Å². The van der Waals surface area contributed by atoms with Gasteiger partial charge in [-0.15, -0.1) is 0 Å². The van der Waals surface area contributed by atoms with Gasteiger partial charge in [0.15, 0.2) is 0 Å². The van der Waals surface area contributed by atoms with E-state index < -0.39 is 6.04 Å². The first kappa shape index (κ1) is 24.5. The maximum atomic E-state index is 13.0. The molecule has 7 heteroatoms. The molecule has 2 aromatic rings. The maximum absolute atomic E-state index is 13.0. The Labute approximate surface area is 189 Å². The molecule has 2 aromatic carbocycles. The molecule has 0 bridgehead atoms. The van der Waals surface area contributed by atoms with Crippen molar-refractivity contribution in [1.82, 2.24) is 10.2 Å². The monoisotopic (exact) mass is 446 g/mol. The summed E-state index contributed by atoms with van der Waals surface area (Å²) in [4.78, 5) is 27.1. The molecule has 0 radical (unpaired) electrons. The van der Waals surface area contributed by atoms with Gasteiger partial charge in [-0.25, -0.2) is 0 Å². The molecule has 0 saturated carbocycles. The average Bonchev–Trinajstić information content (AvgIpc) is 2.79. The fourth-order valence-corrected chi connectivity index (χ4v) is 3.12. The number of nitrogens with one attached hydrogen (secondary N) is 1. The highest BCUT2D eigenvalue weighted by Crippen LogP contribution is 2.17. The first-order valence-corrected chi connectivity index (χ1v) is 10.9. The molecule has 0 unspecified atom stereocenters. The van der Waals surface area contributed by atoms with Gasteiger partial charge in [-0.05, 0) is 61.7 Å². The summed E-state index contributed by atoms with van der Waals surface area (Å²) in [5.74, 6) is 1.21. The van der Waals surface area contributed by atoms with Gasteiger partial charge < -0.3 is 19.7 Å². The van der Waals surface area contributed by atoms with Crippen molar-refractivity contribution in [3.63, 3.8) is 0 Å². The second-order valence-electron chi connectivity index (χ2n) is 7.24. The summed E-state index contributed by atoms with van der Waals surface area (Å²) in [7, 11) is 1.61. The van der Waals surface area contributed by atoms with Crippen LogP contribution < -0.4 is 14.8 Å². The minimum absolute atomic E-state index is 0.0883. The van der Waals surface area contributed by atoms with Gasteiger partial charge >= 0.3 is 0 Å². The average molecular weight is 447 g/mol. The van der Waals surface area contributed by atoms with E-state index in [0.717, 1.165) is 17.7 Å². The summed E-state index contributed by atoms with van der Waals surface area (Å²) in [5, 5.41) is 3.52. The van der Waals surface area contributed by atoms with Crippen molar-refractivity contribution in [2.75, 3.05) is 20.3 Å². The van der Waals surface area contributed by atoms with Crippen molar-refractivity contribution in [2.24, 2.45) is 0 Å². The van der Waals surface area contributed by atoms with Gasteiger partial charge in [-0.3, -0.25) is 9.59 Å². The summed E-state index contributed by atoms with van der Waals surface area (Å²) >= 11 is 5.87. The predicted molar refractivity (Wildman–Crippen MR) is 122 cm³/mol. The highest BCUT2D eigenvalue weighted by Gasteiger charge is 2.25. The highest BCUT2D eigenvalue weighted by molar-refractivity contribution is 6.30. The molecule has 0 fully saturated rings. The lowest BCUT2D eigenvalue weighted by molar-refractivity contribution is -0.140. The Morgan fingerprint density at radius 3 is 2.32 bits per heavy atom. The molecule has 0 aromatic heterocycles. The first-order valence-electron chi connectivity index (χ1n) is 10.5. The molecule has 6 nitrogen and oxygen atoms in total. The third kappa shape index (κ3) is 8.13. The lowest BCUT2D eigenvalue weighted by Gasteiger charge is -2.29. The zero-order chi connectivity index (χ0) is 22.6. The Morgan fingerprint density at radius 1 is 1.06 bits per heavy atom. The number of hydrogen-bond donors (Lipinski definition) is 1. The molecule has 31 heavy (non-hydrogen) atoms. The molecule has 2 amide bonds. The Bertz CT molecular complexity index is 824. The van der Waals surface area contributed by atoms with Gasteiger partial charge in [0.25, 0.3) is 0 Å². The number of halogens is 1. The van der Waals surface area contributed by atoms with Crippen LogP contribution >= 0.6 is 11.6 Å². The van der Waals surface area contributed by atoms with Crippen LogP contribution in [0.2, 0.25) is 5.02 Å². The Morgan fingerprint density at radius 2 is 1.71 bits per heavy atom. The SMILES string of the molecule is CCCNC(=O)[C@H](C)N(Cc1ccc(OC)cc1)C(=O)CCCOc1ccc(Cl)cc1. The summed E-state index contributed by atoms with van der Waals surface area (Å²) in [6.07, 6.45) is 1.67. The Balaban J connectivity index is 1.98. The molecule has 1 N–H and O–H groups in total. The van der Waals surface area contributed by atoms with Crippen molar-refractivity contribution >= 4 is 23.4 Å². The Hall–Kier alpha value is -2.73. The summed E-state index contributed by atoms with van der Waals surface area (Å²) in [5.41, 5.74) is 0.932. The molecular weight excluding hydrogens is 416 g/mol. The molecule has 2 rings (SSSR count). The molecule has 168 valence electrons. The van der Waals surface area contributed by atoms with Gasteiger partial charge in [0, 0.05) is 24.5 Å². The Kier molecular flexibility index (Phi) is 10.2. The van der Waals surface area contributed by atoms with Crippen LogP contribution in [-0.2, 0) is 16.1 Å². The number of methoxy groups -OCH3 is 1. The normalized spacial score (nSPS) is 11.5. The van der Waals surface area contributed by atoms with E-state index in [1.54, 1.807) is 43.2 Å². The third-order valence-electron chi connectivity index (χ3n) is 4.85. The summed E-state index contributed by atoms with van der Waals surface area (Å²) < 4.78 is 10.9. The van der Waals surface area contributed by atoms with Gasteiger partial charge in [0.1, 0.15) is 17.5 Å². The zero-order valence-corrected chi connectivity index (χ0v) is 19.2. The maximum Gasteiger partial charge on any atom is 0.242 e. The van der Waals surface area contributed by atoms with Gasteiger partial charge in [0.2, 0.25) is 11.8 Å². The lowest BCUT2D eigenvalue weighted by Crippen LogP contribution is -2.47. The van der Waals surface area contributed by atoms with Gasteiger partial charge in [0.05, 0.1) is 13.7 Å². The lowest BCUT2D eigenvalue weighted by atomic mass is 10.1. The van der Waals surface area contributed by atoms with Crippen molar-refractivity contribution in [1.29, 1.82) is 0 Å². The van der Waals surface area contributed by atoms with E-state index >= 15 is 0 Å². The first-order chi connectivity index (χ1) is 14.9. The molecule has 1 atom stereocenters. The van der Waals surface area contributed by atoms with E-state index in [1.165, 1.54) is 0 Å². The number of ether oxygens (including phenoxy) is 2. The van der Waals surface area contributed by atoms with Gasteiger partial charge in [-0.2, -0.15) is 0 Å². The second kappa shape index (κ2) is 12.8. The van der Waals surface area contributed by atoms with E-state index in [4.69, 9.17) is 21.1 Å². The summed E-state index contributed by atoms with van der Waals surface area (Å²) in [6, 6.07) is 14.0. The molecule has 0 heterocycles. The number of benzene rings is 2. The number of carbonyl (C=O) groups excluding carboxylic acids is 2. The van der Waals surface area contributed by atoms with E-state index in [-0.39, 0.29) is 18.2 Å². The van der Waals surface area contributed by atoms with Crippen LogP contribution in [0.3, 0.4) is 0 Å². The van der Waals surface area contributed by atoms with Crippen LogP contribution in [0.25, 0.3) is 0 Å². The molecule has 0 aliphatic heterocycles. The fraction of sp³-hybridized carbons (Fsp3) is 0.417. The molecular formula is C24H31ClN2O4. The topological polar surface area (TPSA) is 67.9 Å². The quantitative estimate of drug-likeness (QED) is 0.489. The zero-order valence-electron chi connectivity index (χ0n) is 18.4. The number of hydrogen-bond acceptors (Lipinski definition) is 4. The number of nitrogens with zero attached hydrogens (tertiary/aromatic N) is 1. The predicted octanol–water partition coefficient (Wildman–Crippen LogP) is 4.45. The van der Waals surface area contributed by atoms with E-state index in [1.807, 2.05) is 31.2 Å². The van der Waals surface area contributed by atoms with Crippen LogP contribution in [0.4, 0.5) is 0 Å². The highest BCUT2D eigenvalue weighted by atomic mass is 35.5. The van der Waals surface area contributed by atoms with Crippen molar-refractivity contribution < 1.29 is 19.1 Å². The van der Waals surface area contributed by atoms with E-state index in [9.17, 15) is 9.59 Å². The van der Waals surface area contributed by atoms with Crippen LogP contribution in [0, 0.1) is 0 Å². The number of amides is 2. The minimum Gasteiger partial charge on any atom is -0.497 e. The van der Waals surface area contributed by atoms with E-state index in [0.29, 0.717) is 36.9 Å². The third-order valence-corrected chi connectivity index (χ3v) is 5.10. The minimum atomic E-state index is -0.571.